The van der Waals surface area contributed by atoms with Crippen molar-refractivity contribution in [1.82, 2.24) is 25.2 Å². The van der Waals surface area contributed by atoms with Crippen LogP contribution in [0.25, 0.3) is 11.4 Å². The van der Waals surface area contributed by atoms with Gasteiger partial charge in [-0.3, -0.25) is 14.7 Å². The summed E-state index contributed by atoms with van der Waals surface area (Å²) in [5.74, 6) is 0.573. The second-order valence-electron chi connectivity index (χ2n) is 7.06. The molecule has 4 rings (SSSR count). The van der Waals surface area contributed by atoms with Crippen LogP contribution in [0.2, 0.25) is 0 Å². The molecule has 3 heterocycles. The van der Waals surface area contributed by atoms with Crippen LogP contribution < -0.4 is 5.32 Å². The predicted molar refractivity (Wildman–Crippen MR) is 107 cm³/mol. The first-order valence-corrected chi connectivity index (χ1v) is 9.57. The molecule has 1 amide bonds. The van der Waals surface area contributed by atoms with Gasteiger partial charge in [-0.2, -0.15) is 0 Å². The minimum Gasteiger partial charge on any atom is -0.348 e. The number of likely N-dealkylation sites (tertiary alicyclic amines) is 1. The van der Waals surface area contributed by atoms with Gasteiger partial charge in [0.25, 0.3) is 5.91 Å². The molecule has 1 fully saturated rings. The van der Waals surface area contributed by atoms with Gasteiger partial charge >= 0.3 is 0 Å². The van der Waals surface area contributed by atoms with Crippen molar-refractivity contribution in [2.45, 2.75) is 25.4 Å². The van der Waals surface area contributed by atoms with Crippen molar-refractivity contribution in [1.29, 1.82) is 0 Å². The summed E-state index contributed by atoms with van der Waals surface area (Å²) in [5, 5.41) is 3.19. The second kappa shape index (κ2) is 8.71. The molecule has 2 aromatic heterocycles. The number of hydrogen-bond donors (Lipinski definition) is 1. The maximum atomic E-state index is 12.8. The Morgan fingerprint density at radius 2 is 2.00 bits per heavy atom. The van der Waals surface area contributed by atoms with Gasteiger partial charge < -0.3 is 5.32 Å². The Hall–Kier alpha value is -3.12. The molecule has 3 aromatic rings. The minimum absolute atomic E-state index is 0.0500. The minimum atomic E-state index is -0.0500. The molecule has 6 nitrogen and oxygen atoms in total. The van der Waals surface area contributed by atoms with Gasteiger partial charge in [0.1, 0.15) is 0 Å². The third-order valence-corrected chi connectivity index (χ3v) is 4.92. The van der Waals surface area contributed by atoms with Crippen molar-refractivity contribution >= 4 is 5.91 Å². The number of piperidine rings is 1. The molecule has 1 N–H and O–H groups in total. The third kappa shape index (κ3) is 4.58. The van der Waals surface area contributed by atoms with E-state index in [1.807, 2.05) is 36.5 Å². The first-order chi connectivity index (χ1) is 13.8. The van der Waals surface area contributed by atoms with Gasteiger partial charge in [-0.1, -0.05) is 18.2 Å². The highest BCUT2D eigenvalue weighted by atomic mass is 16.1. The number of hydrogen-bond acceptors (Lipinski definition) is 5. The summed E-state index contributed by atoms with van der Waals surface area (Å²) in [4.78, 5) is 27.9. The molecule has 1 atom stereocenters. The Balaban J connectivity index is 1.39. The molecule has 0 radical (unpaired) electrons. The Morgan fingerprint density at radius 1 is 1.11 bits per heavy atom. The SMILES string of the molecule is O=C(N[C@H]1CCCN(Cc2cccnc2)C1)c1cccc(-c2ncccn2)c1. The van der Waals surface area contributed by atoms with Gasteiger partial charge in [-0.15, -0.1) is 0 Å². The van der Waals surface area contributed by atoms with Gasteiger partial charge in [0.15, 0.2) is 5.82 Å². The lowest BCUT2D eigenvalue weighted by Crippen LogP contribution is -2.47. The molecular weight excluding hydrogens is 350 g/mol. The van der Waals surface area contributed by atoms with Gasteiger partial charge in [-0.05, 0) is 49.2 Å². The van der Waals surface area contributed by atoms with Gasteiger partial charge in [-0.25, -0.2) is 9.97 Å². The van der Waals surface area contributed by atoms with Crippen LogP contribution >= 0.6 is 0 Å². The third-order valence-electron chi connectivity index (χ3n) is 4.92. The Labute approximate surface area is 164 Å². The topological polar surface area (TPSA) is 71.0 Å². The zero-order valence-corrected chi connectivity index (χ0v) is 15.7. The van der Waals surface area contributed by atoms with Crippen LogP contribution in [0.15, 0.2) is 67.3 Å². The summed E-state index contributed by atoms with van der Waals surface area (Å²) in [5.41, 5.74) is 2.68. The molecule has 142 valence electrons. The maximum absolute atomic E-state index is 12.8. The van der Waals surface area contributed by atoms with Crippen LogP contribution in [-0.4, -0.2) is 44.9 Å². The molecule has 6 heteroatoms. The van der Waals surface area contributed by atoms with E-state index in [-0.39, 0.29) is 11.9 Å². The lowest BCUT2D eigenvalue weighted by molar-refractivity contribution is 0.0901. The molecule has 1 aliphatic rings. The van der Waals surface area contributed by atoms with Gasteiger partial charge in [0.05, 0.1) is 0 Å². The molecule has 1 saturated heterocycles. The monoisotopic (exact) mass is 373 g/mol. The smallest absolute Gasteiger partial charge is 0.251 e. The summed E-state index contributed by atoms with van der Waals surface area (Å²) in [7, 11) is 0. The first kappa shape index (κ1) is 18.3. The van der Waals surface area contributed by atoms with Gasteiger partial charge in [0.2, 0.25) is 0 Å². The van der Waals surface area contributed by atoms with Crippen LogP contribution in [0, 0.1) is 0 Å². The quantitative estimate of drug-likeness (QED) is 0.745. The number of aromatic nitrogens is 3. The van der Waals surface area contributed by atoms with Crippen molar-refractivity contribution in [3.05, 3.63) is 78.4 Å². The number of nitrogens with one attached hydrogen (secondary N) is 1. The number of carbonyl (C=O) groups is 1. The Kier molecular flexibility index (Phi) is 5.68. The van der Waals surface area contributed by atoms with Crippen LogP contribution in [0.3, 0.4) is 0 Å². The second-order valence-corrected chi connectivity index (χ2v) is 7.06. The van der Waals surface area contributed by atoms with E-state index < -0.39 is 0 Å². The standard InChI is InChI=1S/C22H23N5O/c28-22(19-7-1-6-18(13-19)21-24-10-4-11-25-21)26-20-8-3-12-27(16-20)15-17-5-2-9-23-14-17/h1-2,4-7,9-11,13-14,20H,3,8,12,15-16H2,(H,26,28)/t20-/m0/s1. The van der Waals surface area contributed by atoms with Crippen LogP contribution in [0.1, 0.15) is 28.8 Å². The van der Waals surface area contributed by atoms with E-state index in [4.69, 9.17) is 0 Å². The normalized spacial score (nSPS) is 17.2. The highest BCUT2D eigenvalue weighted by Crippen LogP contribution is 2.17. The van der Waals surface area contributed by atoms with E-state index in [1.54, 1.807) is 24.7 Å². The summed E-state index contributed by atoms with van der Waals surface area (Å²) in [6.07, 6.45) is 9.17. The Bertz CT molecular complexity index is 916. The molecule has 0 unspecified atom stereocenters. The molecule has 1 aromatic carbocycles. The fraction of sp³-hybridized carbons (Fsp3) is 0.273. The molecule has 0 aliphatic carbocycles. The van der Waals surface area contributed by atoms with E-state index in [0.29, 0.717) is 11.4 Å². The van der Waals surface area contributed by atoms with Gasteiger partial charge in [0, 0.05) is 55.0 Å². The maximum Gasteiger partial charge on any atom is 0.251 e. The van der Waals surface area contributed by atoms with Crippen molar-refractivity contribution < 1.29 is 4.79 Å². The highest BCUT2D eigenvalue weighted by molar-refractivity contribution is 5.95. The van der Waals surface area contributed by atoms with Crippen molar-refractivity contribution in [3.8, 4) is 11.4 Å². The number of amides is 1. The number of pyridine rings is 1. The first-order valence-electron chi connectivity index (χ1n) is 9.57. The summed E-state index contributed by atoms with van der Waals surface area (Å²) >= 11 is 0. The molecule has 0 spiro atoms. The molecular formula is C22H23N5O. The molecule has 28 heavy (non-hydrogen) atoms. The molecule has 0 saturated carbocycles. The van der Waals surface area contributed by atoms with E-state index in [9.17, 15) is 4.79 Å². The van der Waals surface area contributed by atoms with Crippen LogP contribution in [0.4, 0.5) is 0 Å². The zero-order valence-electron chi connectivity index (χ0n) is 15.7. The van der Waals surface area contributed by atoms with E-state index in [1.165, 1.54) is 5.56 Å². The van der Waals surface area contributed by atoms with E-state index >= 15 is 0 Å². The fourth-order valence-electron chi connectivity index (χ4n) is 3.58. The fourth-order valence-corrected chi connectivity index (χ4v) is 3.58. The molecule has 1 aliphatic heterocycles. The molecule has 0 bridgehead atoms. The lowest BCUT2D eigenvalue weighted by atomic mass is 10.0. The van der Waals surface area contributed by atoms with Crippen molar-refractivity contribution in [2.24, 2.45) is 0 Å². The van der Waals surface area contributed by atoms with E-state index in [0.717, 1.165) is 38.0 Å². The summed E-state index contributed by atoms with van der Waals surface area (Å²) < 4.78 is 0. The Morgan fingerprint density at radius 3 is 2.82 bits per heavy atom. The van der Waals surface area contributed by atoms with Crippen LogP contribution in [-0.2, 0) is 6.54 Å². The van der Waals surface area contributed by atoms with Crippen molar-refractivity contribution in [3.63, 3.8) is 0 Å². The van der Waals surface area contributed by atoms with Crippen molar-refractivity contribution in [2.75, 3.05) is 13.1 Å². The number of nitrogens with zero attached hydrogens (tertiary/aromatic N) is 4. The lowest BCUT2D eigenvalue weighted by Gasteiger charge is -2.33. The average Bonchev–Trinajstić information content (AvgIpc) is 2.75. The largest absolute Gasteiger partial charge is 0.348 e. The summed E-state index contributed by atoms with van der Waals surface area (Å²) in [6, 6.07) is 13.4. The van der Waals surface area contributed by atoms with Crippen LogP contribution in [0.5, 0.6) is 0 Å². The number of carbonyl (C=O) groups excluding carboxylic acids is 1. The number of benzene rings is 1. The summed E-state index contributed by atoms with van der Waals surface area (Å²) in [6.45, 7) is 2.76. The average molecular weight is 373 g/mol. The van der Waals surface area contributed by atoms with E-state index in [2.05, 4.69) is 31.2 Å². The zero-order chi connectivity index (χ0) is 19.2. The highest BCUT2D eigenvalue weighted by Gasteiger charge is 2.22. The predicted octanol–water partition coefficient (Wildman–Crippen LogP) is 2.93. The number of rotatable bonds is 5.